The van der Waals surface area contributed by atoms with Crippen molar-refractivity contribution >= 4 is 11.7 Å². The van der Waals surface area contributed by atoms with Crippen molar-refractivity contribution in [2.45, 2.75) is 39.8 Å². The van der Waals surface area contributed by atoms with Crippen LogP contribution in [0.25, 0.3) is 0 Å². The first-order valence-corrected chi connectivity index (χ1v) is 5.40. The number of carbonyl (C=O) groups is 1. The second-order valence-electron chi connectivity index (χ2n) is 4.33. The maximum absolute atomic E-state index is 10.9. The van der Waals surface area contributed by atoms with Gasteiger partial charge in [-0.1, -0.05) is 0 Å². The minimum Gasteiger partial charge on any atom is -0.478 e. The van der Waals surface area contributed by atoms with E-state index >= 15 is 0 Å². The fourth-order valence-electron chi connectivity index (χ4n) is 1.88. The monoisotopic (exact) mass is 222 g/mol. The number of carboxylic acids is 1. The molecule has 1 N–H and O–H groups in total. The summed E-state index contributed by atoms with van der Waals surface area (Å²) in [5.74, 6) is -0.943. The molecule has 0 amide bonds. The molecule has 0 radical (unpaired) electrons. The number of hydrogen-bond donors (Lipinski definition) is 1. The van der Waals surface area contributed by atoms with Crippen molar-refractivity contribution in [3.8, 4) is 0 Å². The third-order valence-electron chi connectivity index (χ3n) is 2.38. The third-order valence-corrected chi connectivity index (χ3v) is 2.38. The minimum absolute atomic E-state index is 0.226. The van der Waals surface area contributed by atoms with Gasteiger partial charge in [-0.3, -0.25) is 4.98 Å². The van der Waals surface area contributed by atoms with Gasteiger partial charge in [-0.2, -0.15) is 0 Å². The second kappa shape index (κ2) is 4.96. The normalized spacial score (nSPS) is 10.9. The summed E-state index contributed by atoms with van der Waals surface area (Å²) in [5.41, 5.74) is 1.08. The van der Waals surface area contributed by atoms with Crippen LogP contribution in [0.3, 0.4) is 0 Å². The predicted octanol–water partition coefficient (Wildman–Crippen LogP) is 2.40. The molecule has 88 valence electrons. The molecule has 0 aliphatic rings. The van der Waals surface area contributed by atoms with Crippen LogP contribution < -0.4 is 4.90 Å². The molecule has 4 nitrogen and oxygen atoms in total. The van der Waals surface area contributed by atoms with Gasteiger partial charge in [0.25, 0.3) is 0 Å². The van der Waals surface area contributed by atoms with Gasteiger partial charge in [0.15, 0.2) is 0 Å². The number of pyridine rings is 1. The Hall–Kier alpha value is -1.58. The fourth-order valence-corrected chi connectivity index (χ4v) is 1.88. The average Bonchev–Trinajstić information content (AvgIpc) is 2.16. The summed E-state index contributed by atoms with van der Waals surface area (Å²) in [7, 11) is 0. The molecule has 4 heteroatoms. The van der Waals surface area contributed by atoms with E-state index in [1.54, 1.807) is 12.3 Å². The molecule has 1 heterocycles. The first-order chi connectivity index (χ1) is 7.43. The van der Waals surface area contributed by atoms with Gasteiger partial charge in [0.05, 0.1) is 17.4 Å². The number of aromatic nitrogens is 1. The van der Waals surface area contributed by atoms with Gasteiger partial charge >= 0.3 is 5.97 Å². The number of rotatable bonds is 4. The highest BCUT2D eigenvalue weighted by Crippen LogP contribution is 2.20. The lowest BCUT2D eigenvalue weighted by Crippen LogP contribution is -2.37. The maximum atomic E-state index is 10.9. The van der Waals surface area contributed by atoms with E-state index in [1.165, 1.54) is 6.20 Å². The first-order valence-electron chi connectivity index (χ1n) is 5.40. The van der Waals surface area contributed by atoms with E-state index in [0.29, 0.717) is 12.1 Å². The molecule has 16 heavy (non-hydrogen) atoms. The zero-order valence-electron chi connectivity index (χ0n) is 10.1. The van der Waals surface area contributed by atoms with Gasteiger partial charge in [0.1, 0.15) is 0 Å². The van der Waals surface area contributed by atoms with E-state index in [9.17, 15) is 4.79 Å². The molecule has 0 fully saturated rings. The molecule has 0 saturated carbocycles. The highest BCUT2D eigenvalue weighted by molar-refractivity contribution is 5.88. The highest BCUT2D eigenvalue weighted by atomic mass is 16.4. The second-order valence-corrected chi connectivity index (χ2v) is 4.33. The van der Waals surface area contributed by atoms with E-state index in [4.69, 9.17) is 5.11 Å². The quantitative estimate of drug-likeness (QED) is 0.850. The van der Waals surface area contributed by atoms with Gasteiger partial charge in [-0.15, -0.1) is 0 Å². The van der Waals surface area contributed by atoms with Gasteiger partial charge in [-0.05, 0) is 33.8 Å². The predicted molar refractivity (Wildman–Crippen MR) is 63.9 cm³/mol. The van der Waals surface area contributed by atoms with Crippen LogP contribution in [-0.2, 0) is 0 Å². The summed E-state index contributed by atoms with van der Waals surface area (Å²) in [5, 5.41) is 8.91. The maximum Gasteiger partial charge on any atom is 0.337 e. The van der Waals surface area contributed by atoms with Crippen molar-refractivity contribution < 1.29 is 9.90 Å². The Kier molecular flexibility index (Phi) is 3.88. The largest absolute Gasteiger partial charge is 0.478 e. The zero-order chi connectivity index (χ0) is 12.3. The average molecular weight is 222 g/mol. The van der Waals surface area contributed by atoms with Crippen LogP contribution in [0, 0.1) is 0 Å². The molecular weight excluding hydrogens is 204 g/mol. The fraction of sp³-hybridized carbons (Fsp3) is 0.500. The summed E-state index contributed by atoms with van der Waals surface area (Å²) in [6.45, 7) is 8.31. The zero-order valence-corrected chi connectivity index (χ0v) is 10.1. The summed E-state index contributed by atoms with van der Waals surface area (Å²) < 4.78 is 0. The first kappa shape index (κ1) is 12.5. The van der Waals surface area contributed by atoms with E-state index in [1.807, 2.05) is 0 Å². The lowest BCUT2D eigenvalue weighted by molar-refractivity contribution is 0.0696. The number of nitrogens with zero attached hydrogens (tertiary/aromatic N) is 2. The minimum atomic E-state index is -0.943. The SMILES string of the molecule is CC(C)N(c1cncc(C(=O)O)c1)C(C)C. The van der Waals surface area contributed by atoms with Gasteiger partial charge in [0.2, 0.25) is 0 Å². The molecule has 0 atom stereocenters. The Morgan fingerprint density at radius 2 is 1.81 bits per heavy atom. The van der Waals surface area contributed by atoms with Crippen LogP contribution in [-0.4, -0.2) is 28.1 Å². The Labute approximate surface area is 95.9 Å². The molecule has 0 spiro atoms. The Bertz CT molecular complexity index is 367. The van der Waals surface area contributed by atoms with Gasteiger partial charge in [-0.25, -0.2) is 4.79 Å². The van der Waals surface area contributed by atoms with E-state index in [2.05, 4.69) is 37.6 Å². The summed E-state index contributed by atoms with van der Waals surface area (Å²) >= 11 is 0. The van der Waals surface area contributed by atoms with Crippen LogP contribution in [0.1, 0.15) is 38.1 Å². The van der Waals surface area contributed by atoms with Crippen LogP contribution in [0.5, 0.6) is 0 Å². The molecular formula is C12H18N2O2. The lowest BCUT2D eigenvalue weighted by Gasteiger charge is -2.32. The van der Waals surface area contributed by atoms with Crippen molar-refractivity contribution in [2.75, 3.05) is 4.90 Å². The Morgan fingerprint density at radius 1 is 1.25 bits per heavy atom. The standard InChI is InChI=1S/C12H18N2O2/c1-8(2)14(9(3)4)11-5-10(12(15)16)6-13-7-11/h5-9H,1-4H3,(H,15,16). The van der Waals surface area contributed by atoms with Crippen molar-refractivity contribution in [2.24, 2.45) is 0 Å². The molecule has 0 unspecified atom stereocenters. The van der Waals surface area contributed by atoms with E-state index in [-0.39, 0.29) is 5.56 Å². The molecule has 0 saturated heterocycles. The Morgan fingerprint density at radius 3 is 2.25 bits per heavy atom. The molecule has 0 aromatic carbocycles. The highest BCUT2D eigenvalue weighted by Gasteiger charge is 2.15. The van der Waals surface area contributed by atoms with Crippen molar-refractivity contribution in [1.29, 1.82) is 0 Å². The Balaban J connectivity index is 3.10. The third kappa shape index (κ3) is 2.72. The molecule has 0 aliphatic carbocycles. The summed E-state index contributed by atoms with van der Waals surface area (Å²) in [6.07, 6.45) is 3.07. The van der Waals surface area contributed by atoms with Crippen LogP contribution in [0.15, 0.2) is 18.5 Å². The number of hydrogen-bond acceptors (Lipinski definition) is 3. The topological polar surface area (TPSA) is 53.4 Å². The van der Waals surface area contributed by atoms with E-state index in [0.717, 1.165) is 5.69 Å². The number of anilines is 1. The molecule has 1 rings (SSSR count). The lowest BCUT2D eigenvalue weighted by atomic mass is 10.2. The van der Waals surface area contributed by atoms with Crippen molar-refractivity contribution in [3.05, 3.63) is 24.0 Å². The molecule has 0 aliphatic heterocycles. The molecule has 0 bridgehead atoms. The van der Waals surface area contributed by atoms with Crippen LogP contribution in [0.2, 0.25) is 0 Å². The van der Waals surface area contributed by atoms with Crippen molar-refractivity contribution in [3.63, 3.8) is 0 Å². The van der Waals surface area contributed by atoms with Crippen LogP contribution in [0.4, 0.5) is 5.69 Å². The number of carboxylic acid groups (broad SMARTS) is 1. The smallest absolute Gasteiger partial charge is 0.337 e. The van der Waals surface area contributed by atoms with Crippen LogP contribution >= 0.6 is 0 Å². The summed E-state index contributed by atoms with van der Waals surface area (Å²) in [6, 6.07) is 2.28. The molecule has 1 aromatic heterocycles. The van der Waals surface area contributed by atoms with E-state index < -0.39 is 5.97 Å². The van der Waals surface area contributed by atoms with Gasteiger partial charge < -0.3 is 10.0 Å². The summed E-state index contributed by atoms with van der Waals surface area (Å²) in [4.78, 5) is 17.0. The van der Waals surface area contributed by atoms with Gasteiger partial charge in [0, 0.05) is 18.3 Å². The number of aromatic carboxylic acids is 1. The van der Waals surface area contributed by atoms with Crippen molar-refractivity contribution in [1.82, 2.24) is 4.98 Å². The molecule has 1 aromatic rings.